The fourth-order valence-corrected chi connectivity index (χ4v) is 3.66. The van der Waals surface area contributed by atoms with Crippen molar-refractivity contribution < 1.29 is 14.7 Å². The summed E-state index contributed by atoms with van der Waals surface area (Å²) in [5.74, 6) is 0.730. The van der Waals surface area contributed by atoms with E-state index < -0.39 is 6.09 Å². The van der Waals surface area contributed by atoms with E-state index in [0.717, 1.165) is 17.8 Å². The van der Waals surface area contributed by atoms with Crippen LogP contribution in [0.15, 0.2) is 30.3 Å². The number of carboxylic acid groups (broad SMARTS) is 1. The van der Waals surface area contributed by atoms with Gasteiger partial charge in [-0.25, -0.2) is 9.48 Å². The first-order valence-corrected chi connectivity index (χ1v) is 9.08. The lowest BCUT2D eigenvalue weighted by Crippen LogP contribution is -2.60. The normalized spacial score (nSPS) is 17.9. The summed E-state index contributed by atoms with van der Waals surface area (Å²) in [6.07, 6.45) is -0.0646. The van der Waals surface area contributed by atoms with Crippen LogP contribution in [0.2, 0.25) is 0 Å². The Morgan fingerprint density at radius 1 is 1.22 bits per heavy atom. The molecule has 1 aromatic carbocycles. The number of carbonyl (C=O) groups is 2. The zero-order valence-corrected chi connectivity index (χ0v) is 16.2. The number of piperazine rings is 1. The number of aldehydes is 1. The van der Waals surface area contributed by atoms with Crippen molar-refractivity contribution in [3.8, 4) is 5.69 Å². The van der Waals surface area contributed by atoms with Crippen molar-refractivity contribution in [2.75, 3.05) is 24.5 Å². The summed E-state index contributed by atoms with van der Waals surface area (Å²) in [5.41, 5.74) is 1.86. The highest BCUT2D eigenvalue weighted by Crippen LogP contribution is 2.33. The maximum Gasteiger partial charge on any atom is 0.407 e. The minimum atomic E-state index is -0.905. The van der Waals surface area contributed by atoms with Crippen molar-refractivity contribution in [1.82, 2.24) is 14.7 Å². The Kier molecular flexibility index (Phi) is 4.95. The third-order valence-corrected chi connectivity index (χ3v) is 5.13. The summed E-state index contributed by atoms with van der Waals surface area (Å²) in [6.45, 7) is 9.34. The van der Waals surface area contributed by atoms with Gasteiger partial charge in [0.15, 0.2) is 6.29 Å². The number of hydrogen-bond donors (Lipinski definition) is 1. The quantitative estimate of drug-likeness (QED) is 0.840. The van der Waals surface area contributed by atoms with E-state index in [2.05, 4.69) is 10.00 Å². The molecule has 1 aliphatic heterocycles. The van der Waals surface area contributed by atoms with Crippen LogP contribution in [0.1, 0.15) is 36.8 Å². The van der Waals surface area contributed by atoms with E-state index in [1.807, 2.05) is 58.0 Å². The number of benzene rings is 1. The number of rotatable bonds is 3. The second kappa shape index (κ2) is 7.06. The number of amides is 1. The van der Waals surface area contributed by atoms with Gasteiger partial charge in [0.2, 0.25) is 0 Å². The zero-order chi connectivity index (χ0) is 19.8. The van der Waals surface area contributed by atoms with E-state index >= 15 is 0 Å². The Morgan fingerprint density at radius 3 is 2.44 bits per heavy atom. The molecule has 7 nitrogen and oxygen atoms in total. The molecule has 3 rings (SSSR count). The fourth-order valence-electron chi connectivity index (χ4n) is 3.66. The van der Waals surface area contributed by atoms with Gasteiger partial charge in [-0.05, 0) is 24.5 Å². The van der Waals surface area contributed by atoms with Crippen molar-refractivity contribution in [1.29, 1.82) is 0 Å². The number of aryl methyl sites for hydroxylation is 1. The van der Waals surface area contributed by atoms with Crippen LogP contribution in [0.4, 0.5) is 10.6 Å². The summed E-state index contributed by atoms with van der Waals surface area (Å²) >= 11 is 0. The highest BCUT2D eigenvalue weighted by molar-refractivity contribution is 5.85. The van der Waals surface area contributed by atoms with Gasteiger partial charge in [-0.3, -0.25) is 4.79 Å². The van der Waals surface area contributed by atoms with Crippen LogP contribution in [0.5, 0.6) is 0 Å². The number of aromatic nitrogens is 2. The molecule has 0 saturated carbocycles. The van der Waals surface area contributed by atoms with Crippen LogP contribution in [0.3, 0.4) is 0 Å². The summed E-state index contributed by atoms with van der Waals surface area (Å²) < 4.78 is 1.79. The fraction of sp³-hybridized carbons (Fsp3) is 0.450. The molecule has 2 heterocycles. The lowest BCUT2D eigenvalue weighted by atomic mass is 9.84. The molecule has 2 aromatic rings. The Hall–Kier alpha value is -2.83. The third kappa shape index (κ3) is 3.54. The molecular weight excluding hydrogens is 344 g/mol. The Bertz CT molecular complexity index is 839. The molecular formula is C20H26N4O3. The molecule has 1 atom stereocenters. The van der Waals surface area contributed by atoms with Gasteiger partial charge < -0.3 is 14.9 Å². The molecule has 0 spiro atoms. The van der Waals surface area contributed by atoms with E-state index in [0.29, 0.717) is 30.9 Å². The predicted octanol–water partition coefficient (Wildman–Crippen LogP) is 3.21. The number of carbonyl (C=O) groups excluding carboxylic acids is 1. The number of anilines is 1. The second-order valence-corrected chi connectivity index (χ2v) is 7.99. The number of nitrogens with zero attached hydrogens (tertiary/aromatic N) is 4. The molecule has 0 aliphatic carbocycles. The largest absolute Gasteiger partial charge is 0.465 e. The average Bonchev–Trinajstić information content (AvgIpc) is 2.97. The molecule has 1 fully saturated rings. The van der Waals surface area contributed by atoms with Crippen molar-refractivity contribution in [2.45, 2.75) is 33.7 Å². The number of hydrogen-bond acceptors (Lipinski definition) is 4. The van der Waals surface area contributed by atoms with Gasteiger partial charge in [0.25, 0.3) is 0 Å². The molecule has 1 saturated heterocycles. The lowest BCUT2D eigenvalue weighted by molar-refractivity contribution is 0.0745. The molecule has 144 valence electrons. The van der Waals surface area contributed by atoms with Gasteiger partial charge in [-0.2, -0.15) is 5.10 Å². The van der Waals surface area contributed by atoms with Gasteiger partial charge in [0.1, 0.15) is 5.82 Å². The van der Waals surface area contributed by atoms with Gasteiger partial charge in [-0.15, -0.1) is 0 Å². The van der Waals surface area contributed by atoms with Gasteiger partial charge in [0.05, 0.1) is 23.0 Å². The summed E-state index contributed by atoms with van der Waals surface area (Å²) in [4.78, 5) is 27.1. The standard InChI is InChI=1S/C20H26N4O3/c1-14-16(13-25)18(24(21-14)15-8-6-5-7-9-15)22-10-11-23(19(26)27)17(12-22)20(2,3)4/h5-9,13,17H,10-12H2,1-4H3,(H,26,27). The van der Waals surface area contributed by atoms with E-state index in [9.17, 15) is 14.7 Å². The van der Waals surface area contributed by atoms with Crippen LogP contribution >= 0.6 is 0 Å². The van der Waals surface area contributed by atoms with Crippen LogP contribution in [0.25, 0.3) is 5.69 Å². The molecule has 1 unspecified atom stereocenters. The average molecular weight is 370 g/mol. The monoisotopic (exact) mass is 370 g/mol. The Morgan fingerprint density at radius 2 is 1.89 bits per heavy atom. The third-order valence-electron chi connectivity index (χ3n) is 5.13. The lowest BCUT2D eigenvalue weighted by Gasteiger charge is -2.46. The van der Waals surface area contributed by atoms with Crippen LogP contribution in [0, 0.1) is 12.3 Å². The molecule has 0 radical (unpaired) electrons. The molecule has 1 N–H and O–H groups in total. The first-order valence-electron chi connectivity index (χ1n) is 9.08. The summed E-state index contributed by atoms with van der Waals surface area (Å²) in [6, 6.07) is 9.48. The van der Waals surface area contributed by atoms with E-state index in [4.69, 9.17) is 0 Å². The molecule has 1 amide bonds. The van der Waals surface area contributed by atoms with Gasteiger partial charge >= 0.3 is 6.09 Å². The van der Waals surface area contributed by atoms with E-state index in [1.165, 1.54) is 4.90 Å². The first kappa shape index (κ1) is 18.9. The van der Waals surface area contributed by atoms with Crippen molar-refractivity contribution in [3.05, 3.63) is 41.6 Å². The van der Waals surface area contributed by atoms with Crippen molar-refractivity contribution in [3.63, 3.8) is 0 Å². The second-order valence-electron chi connectivity index (χ2n) is 7.99. The maximum absolute atomic E-state index is 11.8. The van der Waals surface area contributed by atoms with Crippen molar-refractivity contribution in [2.24, 2.45) is 5.41 Å². The number of para-hydroxylation sites is 1. The SMILES string of the molecule is Cc1nn(-c2ccccc2)c(N2CCN(C(=O)O)C(C(C)(C)C)C2)c1C=O. The van der Waals surface area contributed by atoms with E-state index in [-0.39, 0.29) is 11.5 Å². The van der Waals surface area contributed by atoms with Gasteiger partial charge in [-0.1, -0.05) is 39.0 Å². The zero-order valence-electron chi connectivity index (χ0n) is 16.2. The Labute approximate surface area is 159 Å². The minimum absolute atomic E-state index is 0.192. The maximum atomic E-state index is 11.8. The highest BCUT2D eigenvalue weighted by Gasteiger charge is 2.39. The summed E-state index contributed by atoms with van der Waals surface area (Å²) in [5, 5.41) is 14.2. The molecule has 1 aromatic heterocycles. The first-order chi connectivity index (χ1) is 12.7. The summed E-state index contributed by atoms with van der Waals surface area (Å²) in [7, 11) is 0. The minimum Gasteiger partial charge on any atom is -0.465 e. The highest BCUT2D eigenvalue weighted by atomic mass is 16.4. The predicted molar refractivity (Wildman–Crippen MR) is 104 cm³/mol. The topological polar surface area (TPSA) is 78.7 Å². The van der Waals surface area contributed by atoms with Gasteiger partial charge in [0, 0.05) is 19.6 Å². The van der Waals surface area contributed by atoms with Crippen LogP contribution in [-0.2, 0) is 0 Å². The van der Waals surface area contributed by atoms with E-state index in [1.54, 1.807) is 4.68 Å². The smallest absolute Gasteiger partial charge is 0.407 e. The van der Waals surface area contributed by atoms with Crippen molar-refractivity contribution >= 4 is 18.2 Å². The molecule has 0 bridgehead atoms. The molecule has 1 aliphatic rings. The Balaban J connectivity index is 2.06. The van der Waals surface area contributed by atoms with Crippen LogP contribution < -0.4 is 4.90 Å². The molecule has 27 heavy (non-hydrogen) atoms. The van der Waals surface area contributed by atoms with Crippen LogP contribution in [-0.4, -0.2) is 57.8 Å². The molecule has 7 heteroatoms.